The molecule has 0 fully saturated rings. The molecule has 8 heteroatoms. The summed E-state index contributed by atoms with van der Waals surface area (Å²) >= 11 is 5.86. The number of phenolic OH excluding ortho intramolecular Hbond substituents is 1. The molecule has 0 radical (unpaired) electrons. The highest BCUT2D eigenvalue weighted by molar-refractivity contribution is 6.32. The molecule has 2 rings (SSSR count). The van der Waals surface area contributed by atoms with Crippen molar-refractivity contribution in [1.29, 1.82) is 0 Å². The number of nitro benzene ring substituents is 1. The van der Waals surface area contributed by atoms with Gasteiger partial charge in [-0.05, 0) is 23.8 Å². The third-order valence-electron chi connectivity index (χ3n) is 2.73. The van der Waals surface area contributed by atoms with Crippen molar-refractivity contribution in [3.63, 3.8) is 0 Å². The van der Waals surface area contributed by atoms with Crippen LogP contribution in [-0.4, -0.2) is 23.4 Å². The van der Waals surface area contributed by atoms with Crippen LogP contribution >= 0.6 is 11.6 Å². The first kappa shape index (κ1) is 15.6. The summed E-state index contributed by atoms with van der Waals surface area (Å²) in [6.07, 6.45) is 1.45. The second kappa shape index (κ2) is 6.77. The van der Waals surface area contributed by atoms with E-state index >= 15 is 0 Å². The van der Waals surface area contributed by atoms with E-state index in [1.54, 1.807) is 18.2 Å². The summed E-state index contributed by atoms with van der Waals surface area (Å²) in [5.74, 6) is 0.0808. The van der Waals surface area contributed by atoms with Crippen LogP contribution < -0.4 is 10.2 Å². The summed E-state index contributed by atoms with van der Waals surface area (Å²) in [5.41, 5.74) is 3.72. The van der Waals surface area contributed by atoms with Crippen LogP contribution in [0.1, 0.15) is 5.56 Å². The van der Waals surface area contributed by atoms with E-state index in [1.807, 2.05) is 0 Å². The van der Waals surface area contributed by atoms with Gasteiger partial charge in [0.25, 0.3) is 5.69 Å². The van der Waals surface area contributed by atoms with Crippen molar-refractivity contribution < 1.29 is 14.8 Å². The van der Waals surface area contributed by atoms with Crippen LogP contribution in [0.25, 0.3) is 0 Å². The summed E-state index contributed by atoms with van der Waals surface area (Å²) < 4.78 is 4.98. The van der Waals surface area contributed by atoms with Crippen molar-refractivity contribution in [3.05, 3.63) is 57.1 Å². The Hall–Kier alpha value is -2.80. The first-order valence-electron chi connectivity index (χ1n) is 6.11. The van der Waals surface area contributed by atoms with Gasteiger partial charge in [-0.15, -0.1) is 0 Å². The highest BCUT2D eigenvalue weighted by Crippen LogP contribution is 2.34. The normalized spacial score (nSPS) is 10.6. The third-order valence-corrected chi connectivity index (χ3v) is 3.02. The highest BCUT2D eigenvalue weighted by Gasteiger charge is 2.08. The Bertz CT molecular complexity index is 734. The number of benzene rings is 2. The SMILES string of the molecule is COc1cc(C=NNc2cccc([N+](=O)[O-])c2)cc(Cl)c1O. The van der Waals surface area contributed by atoms with Gasteiger partial charge in [0.2, 0.25) is 0 Å². The van der Waals surface area contributed by atoms with Crippen LogP contribution in [0.5, 0.6) is 11.5 Å². The molecule has 0 aliphatic heterocycles. The second-order valence-electron chi connectivity index (χ2n) is 4.23. The Morgan fingerprint density at radius 1 is 1.41 bits per heavy atom. The predicted molar refractivity (Wildman–Crippen MR) is 84.0 cm³/mol. The number of rotatable bonds is 5. The molecule has 0 amide bonds. The summed E-state index contributed by atoms with van der Waals surface area (Å²) in [7, 11) is 1.41. The Balaban J connectivity index is 2.14. The van der Waals surface area contributed by atoms with Gasteiger partial charge in [-0.2, -0.15) is 5.10 Å². The maximum atomic E-state index is 10.7. The zero-order chi connectivity index (χ0) is 16.1. The van der Waals surface area contributed by atoms with Gasteiger partial charge in [0.15, 0.2) is 11.5 Å². The summed E-state index contributed by atoms with van der Waals surface area (Å²) in [4.78, 5) is 10.2. The average molecular weight is 322 g/mol. The molecule has 7 nitrogen and oxygen atoms in total. The molecular formula is C14H12ClN3O4. The van der Waals surface area contributed by atoms with Gasteiger partial charge in [0.1, 0.15) is 0 Å². The van der Waals surface area contributed by atoms with Gasteiger partial charge in [-0.25, -0.2) is 0 Å². The van der Waals surface area contributed by atoms with E-state index in [-0.39, 0.29) is 22.2 Å². The number of hydrogen-bond donors (Lipinski definition) is 2. The number of nitro groups is 1. The minimum atomic E-state index is -0.487. The van der Waals surface area contributed by atoms with E-state index in [1.165, 1.54) is 31.5 Å². The number of anilines is 1. The van der Waals surface area contributed by atoms with Crippen molar-refractivity contribution in [2.24, 2.45) is 5.10 Å². The average Bonchev–Trinajstić information content (AvgIpc) is 2.51. The molecule has 0 atom stereocenters. The number of non-ortho nitro benzene ring substituents is 1. The molecule has 0 aromatic heterocycles. The zero-order valence-electron chi connectivity index (χ0n) is 11.5. The molecule has 0 bridgehead atoms. The first-order chi connectivity index (χ1) is 10.5. The molecule has 2 aromatic rings. The monoisotopic (exact) mass is 321 g/mol. The minimum absolute atomic E-state index is 0.0328. The number of nitrogens with one attached hydrogen (secondary N) is 1. The van der Waals surface area contributed by atoms with Crippen LogP contribution in [0.2, 0.25) is 5.02 Å². The Labute approximate surface area is 130 Å². The van der Waals surface area contributed by atoms with Gasteiger partial charge in [-0.3, -0.25) is 15.5 Å². The number of ether oxygens (including phenoxy) is 1. The number of hydrogen-bond acceptors (Lipinski definition) is 6. The van der Waals surface area contributed by atoms with E-state index < -0.39 is 4.92 Å². The molecule has 0 unspecified atom stereocenters. The van der Waals surface area contributed by atoms with Crippen LogP contribution in [0.15, 0.2) is 41.5 Å². The fourth-order valence-corrected chi connectivity index (χ4v) is 1.91. The van der Waals surface area contributed by atoms with E-state index in [2.05, 4.69) is 10.5 Å². The molecule has 22 heavy (non-hydrogen) atoms. The van der Waals surface area contributed by atoms with Gasteiger partial charge in [0, 0.05) is 12.1 Å². The third kappa shape index (κ3) is 3.64. The van der Waals surface area contributed by atoms with Crippen LogP contribution in [-0.2, 0) is 0 Å². The molecule has 0 spiro atoms. The molecule has 0 heterocycles. The van der Waals surface area contributed by atoms with Gasteiger partial charge < -0.3 is 9.84 Å². The van der Waals surface area contributed by atoms with Crippen molar-refractivity contribution in [2.75, 3.05) is 12.5 Å². The number of hydrazone groups is 1. The lowest BCUT2D eigenvalue weighted by Gasteiger charge is -2.06. The van der Waals surface area contributed by atoms with Crippen molar-refractivity contribution >= 4 is 29.2 Å². The zero-order valence-corrected chi connectivity index (χ0v) is 12.2. The fourth-order valence-electron chi connectivity index (χ4n) is 1.69. The van der Waals surface area contributed by atoms with Crippen molar-refractivity contribution in [3.8, 4) is 11.5 Å². The number of halogens is 1. The Morgan fingerprint density at radius 3 is 2.86 bits per heavy atom. The smallest absolute Gasteiger partial charge is 0.271 e. The number of nitrogens with zero attached hydrogens (tertiary/aromatic N) is 2. The van der Waals surface area contributed by atoms with Crippen molar-refractivity contribution in [1.82, 2.24) is 0 Å². The Kier molecular flexibility index (Phi) is 4.80. The summed E-state index contributed by atoms with van der Waals surface area (Å²) in [5, 5.41) is 24.4. The standard InChI is InChI=1S/C14H12ClN3O4/c1-22-13-6-9(5-12(15)14(13)19)8-16-17-10-3-2-4-11(7-10)18(20)21/h2-8,17,19H,1H3. The molecule has 2 aromatic carbocycles. The topological polar surface area (TPSA) is 97.0 Å². The fraction of sp³-hybridized carbons (Fsp3) is 0.0714. The molecule has 0 aliphatic carbocycles. The second-order valence-corrected chi connectivity index (χ2v) is 4.64. The lowest BCUT2D eigenvalue weighted by atomic mass is 10.2. The van der Waals surface area contributed by atoms with Crippen LogP contribution in [0, 0.1) is 10.1 Å². The van der Waals surface area contributed by atoms with E-state index in [0.717, 1.165) is 0 Å². The molecular weight excluding hydrogens is 310 g/mol. The van der Waals surface area contributed by atoms with E-state index in [9.17, 15) is 15.2 Å². The minimum Gasteiger partial charge on any atom is -0.503 e. The highest BCUT2D eigenvalue weighted by atomic mass is 35.5. The maximum Gasteiger partial charge on any atom is 0.271 e. The molecule has 114 valence electrons. The summed E-state index contributed by atoms with van der Waals surface area (Å²) in [6, 6.07) is 9.02. The Morgan fingerprint density at radius 2 is 2.18 bits per heavy atom. The quantitative estimate of drug-likeness (QED) is 0.499. The first-order valence-corrected chi connectivity index (χ1v) is 6.49. The maximum absolute atomic E-state index is 10.7. The number of phenols is 1. The molecule has 2 N–H and O–H groups in total. The van der Waals surface area contributed by atoms with E-state index in [0.29, 0.717) is 11.3 Å². The van der Waals surface area contributed by atoms with Gasteiger partial charge in [-0.1, -0.05) is 17.7 Å². The van der Waals surface area contributed by atoms with Gasteiger partial charge in [0.05, 0.1) is 29.0 Å². The van der Waals surface area contributed by atoms with Crippen LogP contribution in [0.4, 0.5) is 11.4 Å². The number of aromatic hydroxyl groups is 1. The lowest BCUT2D eigenvalue weighted by molar-refractivity contribution is -0.384. The molecule has 0 aliphatic rings. The van der Waals surface area contributed by atoms with Crippen molar-refractivity contribution in [2.45, 2.75) is 0 Å². The van der Waals surface area contributed by atoms with E-state index in [4.69, 9.17) is 16.3 Å². The van der Waals surface area contributed by atoms with Gasteiger partial charge >= 0.3 is 0 Å². The molecule has 0 saturated heterocycles. The van der Waals surface area contributed by atoms with Crippen LogP contribution in [0.3, 0.4) is 0 Å². The largest absolute Gasteiger partial charge is 0.503 e. The lowest BCUT2D eigenvalue weighted by Crippen LogP contribution is -1.94. The number of methoxy groups -OCH3 is 1. The molecule has 0 saturated carbocycles. The summed E-state index contributed by atoms with van der Waals surface area (Å²) in [6.45, 7) is 0. The predicted octanol–water partition coefficient (Wildman–Crippen LogP) is 3.41.